The zero-order valence-corrected chi connectivity index (χ0v) is 11.2. The molecule has 0 saturated heterocycles. The summed E-state index contributed by atoms with van der Waals surface area (Å²) in [7, 11) is 0. The lowest BCUT2D eigenvalue weighted by Crippen LogP contribution is -2.09. The second kappa shape index (κ2) is 5.23. The molecule has 0 bridgehead atoms. The van der Waals surface area contributed by atoms with Crippen molar-refractivity contribution in [3.05, 3.63) is 17.7 Å². The van der Waals surface area contributed by atoms with Crippen LogP contribution in [0.1, 0.15) is 37.2 Å². The van der Waals surface area contributed by atoms with Crippen molar-refractivity contribution in [2.24, 2.45) is 5.92 Å². The van der Waals surface area contributed by atoms with Crippen molar-refractivity contribution in [2.45, 2.75) is 31.6 Å². The van der Waals surface area contributed by atoms with Gasteiger partial charge in [-0.05, 0) is 24.8 Å². The molecular weight excluding hydrogens is 260 g/mol. The number of phenolic OH excluding ortho intramolecular Hbond substituents is 1. The molecular formula is C15H18O5. The summed E-state index contributed by atoms with van der Waals surface area (Å²) in [4.78, 5) is 11.0. The Morgan fingerprint density at radius 3 is 2.75 bits per heavy atom. The molecule has 0 amide bonds. The lowest BCUT2D eigenvalue weighted by atomic mass is 9.90. The van der Waals surface area contributed by atoms with Gasteiger partial charge in [0.05, 0.1) is 19.6 Å². The molecule has 1 atom stereocenters. The fraction of sp³-hybridized carbons (Fsp3) is 0.533. The lowest BCUT2D eigenvalue weighted by molar-refractivity contribution is -0.137. The molecule has 2 aliphatic rings. The van der Waals surface area contributed by atoms with Crippen molar-refractivity contribution in [1.82, 2.24) is 0 Å². The second-order valence-electron chi connectivity index (χ2n) is 5.42. The molecule has 1 heterocycles. The van der Waals surface area contributed by atoms with E-state index in [0.717, 1.165) is 19.3 Å². The topological polar surface area (TPSA) is 76.0 Å². The summed E-state index contributed by atoms with van der Waals surface area (Å²) < 4.78 is 11.1. The normalized spacial score (nSPS) is 19.2. The number of aromatic hydroxyl groups is 1. The molecule has 1 unspecified atom stereocenters. The van der Waals surface area contributed by atoms with E-state index in [2.05, 4.69) is 0 Å². The number of hydrogen-bond donors (Lipinski definition) is 2. The van der Waals surface area contributed by atoms with Crippen LogP contribution in [0.25, 0.3) is 0 Å². The van der Waals surface area contributed by atoms with Crippen LogP contribution in [0.3, 0.4) is 0 Å². The average Bonchev–Trinajstić information content (AvgIpc) is 3.24. The van der Waals surface area contributed by atoms with Crippen LogP contribution in [-0.2, 0) is 4.79 Å². The van der Waals surface area contributed by atoms with Crippen LogP contribution in [0.5, 0.6) is 17.2 Å². The SMILES string of the molecule is O=C(O)CC(c1ccc2c(c1O)OCCCO2)C1CC1. The Morgan fingerprint density at radius 2 is 2.05 bits per heavy atom. The number of ether oxygens (including phenoxy) is 2. The maximum absolute atomic E-state index is 11.0. The van der Waals surface area contributed by atoms with Crippen molar-refractivity contribution < 1.29 is 24.5 Å². The number of carboxylic acids is 1. The van der Waals surface area contributed by atoms with Gasteiger partial charge in [0.25, 0.3) is 0 Å². The van der Waals surface area contributed by atoms with E-state index < -0.39 is 5.97 Å². The van der Waals surface area contributed by atoms with Gasteiger partial charge in [0.15, 0.2) is 11.5 Å². The highest BCUT2D eigenvalue weighted by molar-refractivity contribution is 5.69. The van der Waals surface area contributed by atoms with Crippen LogP contribution in [0.2, 0.25) is 0 Å². The molecule has 5 nitrogen and oxygen atoms in total. The van der Waals surface area contributed by atoms with Gasteiger partial charge in [-0.25, -0.2) is 0 Å². The molecule has 108 valence electrons. The van der Waals surface area contributed by atoms with Gasteiger partial charge in [0.2, 0.25) is 5.75 Å². The summed E-state index contributed by atoms with van der Waals surface area (Å²) >= 11 is 0. The summed E-state index contributed by atoms with van der Waals surface area (Å²) in [5.41, 5.74) is 0.666. The molecule has 20 heavy (non-hydrogen) atoms. The van der Waals surface area contributed by atoms with Gasteiger partial charge in [-0.3, -0.25) is 4.79 Å². The number of rotatable bonds is 4. The molecule has 1 fully saturated rings. The van der Waals surface area contributed by atoms with E-state index in [1.165, 1.54) is 0 Å². The zero-order chi connectivity index (χ0) is 14.1. The van der Waals surface area contributed by atoms with Crippen molar-refractivity contribution in [2.75, 3.05) is 13.2 Å². The Morgan fingerprint density at radius 1 is 1.30 bits per heavy atom. The van der Waals surface area contributed by atoms with Crippen molar-refractivity contribution in [1.29, 1.82) is 0 Å². The predicted octanol–water partition coefficient (Wildman–Crippen LogP) is 2.52. The van der Waals surface area contributed by atoms with Crippen LogP contribution in [-0.4, -0.2) is 29.4 Å². The Bertz CT molecular complexity index is 521. The minimum Gasteiger partial charge on any atom is -0.504 e. The van der Waals surface area contributed by atoms with E-state index >= 15 is 0 Å². The number of carboxylic acid groups (broad SMARTS) is 1. The molecule has 5 heteroatoms. The monoisotopic (exact) mass is 278 g/mol. The van der Waals surface area contributed by atoms with E-state index in [4.69, 9.17) is 14.6 Å². The van der Waals surface area contributed by atoms with Gasteiger partial charge in [-0.1, -0.05) is 6.07 Å². The van der Waals surface area contributed by atoms with E-state index in [1.54, 1.807) is 12.1 Å². The summed E-state index contributed by atoms with van der Waals surface area (Å²) in [6.45, 7) is 1.06. The highest BCUT2D eigenvalue weighted by Crippen LogP contribution is 2.50. The maximum Gasteiger partial charge on any atom is 0.303 e. The zero-order valence-electron chi connectivity index (χ0n) is 11.2. The molecule has 1 aliphatic carbocycles. The standard InChI is InChI=1S/C15H18O5/c16-13(17)8-11(9-2-3-9)10-4-5-12-15(14(10)18)20-7-1-6-19-12/h4-5,9,11,18H,1-3,6-8H2,(H,16,17). The van der Waals surface area contributed by atoms with E-state index in [9.17, 15) is 9.90 Å². The minimum absolute atomic E-state index is 0.0396. The Hall–Kier alpha value is -1.91. The molecule has 1 aromatic rings. The number of carbonyl (C=O) groups is 1. The number of hydrogen-bond acceptors (Lipinski definition) is 4. The molecule has 1 saturated carbocycles. The largest absolute Gasteiger partial charge is 0.504 e. The van der Waals surface area contributed by atoms with Crippen molar-refractivity contribution >= 4 is 5.97 Å². The van der Waals surface area contributed by atoms with Crippen molar-refractivity contribution in [3.8, 4) is 17.2 Å². The highest BCUT2D eigenvalue weighted by atomic mass is 16.5. The summed E-state index contributed by atoms with van der Waals surface area (Å²) in [6.07, 6.45) is 2.85. The highest BCUT2D eigenvalue weighted by Gasteiger charge is 2.36. The van der Waals surface area contributed by atoms with Crippen LogP contribution >= 0.6 is 0 Å². The molecule has 1 aliphatic heterocycles. The van der Waals surface area contributed by atoms with Gasteiger partial charge in [-0.2, -0.15) is 0 Å². The third-order valence-corrected chi connectivity index (χ3v) is 3.90. The predicted molar refractivity (Wildman–Crippen MR) is 71.4 cm³/mol. The Kier molecular flexibility index (Phi) is 3.42. The van der Waals surface area contributed by atoms with Crippen LogP contribution < -0.4 is 9.47 Å². The number of aliphatic carboxylic acids is 1. The molecule has 2 N–H and O–H groups in total. The fourth-order valence-electron chi connectivity index (χ4n) is 2.75. The van der Waals surface area contributed by atoms with Crippen LogP contribution in [0, 0.1) is 5.92 Å². The lowest BCUT2D eigenvalue weighted by Gasteiger charge is -2.19. The first-order chi connectivity index (χ1) is 9.66. The first-order valence-corrected chi connectivity index (χ1v) is 7.00. The number of benzene rings is 1. The third-order valence-electron chi connectivity index (χ3n) is 3.90. The smallest absolute Gasteiger partial charge is 0.303 e. The van der Waals surface area contributed by atoms with Gasteiger partial charge >= 0.3 is 5.97 Å². The summed E-state index contributed by atoms with van der Waals surface area (Å²) in [5.74, 6) is 0.298. The molecule has 3 rings (SSSR count). The first-order valence-electron chi connectivity index (χ1n) is 7.00. The third kappa shape index (κ3) is 2.53. The first kappa shape index (κ1) is 13.1. The van der Waals surface area contributed by atoms with E-state index in [-0.39, 0.29) is 18.1 Å². The van der Waals surface area contributed by atoms with Gasteiger partial charge < -0.3 is 19.7 Å². The van der Waals surface area contributed by atoms with Crippen LogP contribution in [0.4, 0.5) is 0 Å². The fourth-order valence-corrected chi connectivity index (χ4v) is 2.75. The van der Waals surface area contributed by atoms with Crippen LogP contribution in [0.15, 0.2) is 12.1 Å². The van der Waals surface area contributed by atoms with E-state index in [0.29, 0.717) is 36.2 Å². The summed E-state index contributed by atoms with van der Waals surface area (Å²) in [5, 5.41) is 19.5. The molecule has 1 aromatic carbocycles. The van der Waals surface area contributed by atoms with Gasteiger partial charge in [0.1, 0.15) is 0 Å². The summed E-state index contributed by atoms with van der Waals surface area (Å²) in [6, 6.07) is 3.54. The van der Waals surface area contributed by atoms with Crippen molar-refractivity contribution in [3.63, 3.8) is 0 Å². The van der Waals surface area contributed by atoms with Gasteiger partial charge in [-0.15, -0.1) is 0 Å². The Balaban J connectivity index is 1.96. The van der Waals surface area contributed by atoms with Gasteiger partial charge in [0, 0.05) is 17.9 Å². The number of fused-ring (bicyclic) bond motifs is 1. The quantitative estimate of drug-likeness (QED) is 0.885. The number of phenols is 1. The van der Waals surface area contributed by atoms with E-state index in [1.807, 2.05) is 0 Å². The molecule has 0 aromatic heterocycles. The minimum atomic E-state index is -0.839. The maximum atomic E-state index is 11.0. The molecule has 0 spiro atoms. The molecule has 0 radical (unpaired) electrons. The second-order valence-corrected chi connectivity index (χ2v) is 5.42. The average molecular weight is 278 g/mol. The Labute approximate surface area is 117 Å².